The zero-order chi connectivity index (χ0) is 13.8. The summed E-state index contributed by atoms with van der Waals surface area (Å²) in [5, 5.41) is 9.54. The predicted molar refractivity (Wildman–Crippen MR) is 80.2 cm³/mol. The number of rotatable bonds is 4. The molecular formula is C17H27NO. The minimum Gasteiger partial charge on any atom is -0.393 e. The zero-order valence-electron chi connectivity index (χ0n) is 12.5. The van der Waals surface area contributed by atoms with Crippen molar-refractivity contribution in [3.63, 3.8) is 0 Å². The summed E-state index contributed by atoms with van der Waals surface area (Å²) < 4.78 is 0. The van der Waals surface area contributed by atoms with E-state index in [1.165, 1.54) is 29.5 Å². The Kier molecular flexibility index (Phi) is 5.00. The van der Waals surface area contributed by atoms with Gasteiger partial charge in [-0.15, -0.1) is 0 Å². The normalized spacial score (nSPS) is 23.8. The number of hydrogen-bond acceptors (Lipinski definition) is 2. The molecule has 0 aliphatic heterocycles. The fourth-order valence-electron chi connectivity index (χ4n) is 3.05. The molecule has 1 N–H and O–H groups in total. The molecular weight excluding hydrogens is 234 g/mol. The Hall–Kier alpha value is -0.860. The number of aliphatic hydroxyl groups excluding tert-OH is 1. The molecule has 2 heteroatoms. The largest absolute Gasteiger partial charge is 0.393 e. The van der Waals surface area contributed by atoms with Gasteiger partial charge in [0.1, 0.15) is 0 Å². The third kappa shape index (κ3) is 4.32. The molecule has 1 saturated carbocycles. The van der Waals surface area contributed by atoms with Gasteiger partial charge in [0.05, 0.1) is 6.10 Å². The van der Waals surface area contributed by atoms with Gasteiger partial charge in [0.2, 0.25) is 0 Å². The van der Waals surface area contributed by atoms with Crippen molar-refractivity contribution in [1.82, 2.24) is 4.90 Å². The van der Waals surface area contributed by atoms with Crippen molar-refractivity contribution in [3.05, 3.63) is 34.9 Å². The Labute approximate surface area is 117 Å². The van der Waals surface area contributed by atoms with Crippen LogP contribution in [0.1, 0.15) is 42.4 Å². The van der Waals surface area contributed by atoms with Crippen LogP contribution in [0.4, 0.5) is 0 Å². The second kappa shape index (κ2) is 6.53. The molecule has 0 saturated heterocycles. The molecule has 106 valence electrons. The average Bonchev–Trinajstić information content (AvgIpc) is 2.37. The van der Waals surface area contributed by atoms with Crippen LogP contribution in [0.25, 0.3) is 0 Å². The summed E-state index contributed by atoms with van der Waals surface area (Å²) >= 11 is 0. The zero-order valence-corrected chi connectivity index (χ0v) is 12.5. The molecule has 2 nitrogen and oxygen atoms in total. The molecule has 0 aromatic heterocycles. The quantitative estimate of drug-likeness (QED) is 0.899. The van der Waals surface area contributed by atoms with E-state index in [0.717, 1.165) is 31.8 Å². The first-order valence-electron chi connectivity index (χ1n) is 7.47. The number of aliphatic hydroxyl groups is 1. The van der Waals surface area contributed by atoms with E-state index in [9.17, 15) is 5.11 Å². The lowest BCUT2D eigenvalue weighted by Gasteiger charge is -2.29. The lowest BCUT2D eigenvalue weighted by atomic mass is 9.87. The van der Waals surface area contributed by atoms with Gasteiger partial charge in [-0.05, 0) is 69.2 Å². The van der Waals surface area contributed by atoms with E-state index in [1.807, 2.05) is 0 Å². The van der Waals surface area contributed by atoms with Crippen molar-refractivity contribution in [2.75, 3.05) is 13.6 Å². The Bertz CT molecular complexity index is 408. The van der Waals surface area contributed by atoms with Gasteiger partial charge in [-0.2, -0.15) is 0 Å². The molecule has 0 bridgehead atoms. The monoisotopic (exact) mass is 261 g/mol. The van der Waals surface area contributed by atoms with E-state index in [4.69, 9.17) is 0 Å². The fourth-order valence-corrected chi connectivity index (χ4v) is 3.05. The van der Waals surface area contributed by atoms with E-state index >= 15 is 0 Å². The SMILES string of the molecule is Cc1ccc(CN(C)CC2CCC(O)CC2)cc1C. The van der Waals surface area contributed by atoms with Crippen LogP contribution < -0.4 is 0 Å². The van der Waals surface area contributed by atoms with Gasteiger partial charge in [-0.25, -0.2) is 0 Å². The molecule has 2 rings (SSSR count). The maximum atomic E-state index is 9.54. The molecule has 0 atom stereocenters. The second-order valence-electron chi connectivity index (χ2n) is 6.29. The standard InChI is InChI=1S/C17H27NO/c1-13-4-5-16(10-14(13)2)12-18(3)11-15-6-8-17(19)9-7-15/h4-5,10,15,17,19H,6-9,11-12H2,1-3H3. The summed E-state index contributed by atoms with van der Waals surface area (Å²) in [5.74, 6) is 0.764. The Morgan fingerprint density at radius 3 is 2.42 bits per heavy atom. The molecule has 1 aromatic rings. The van der Waals surface area contributed by atoms with Crippen LogP contribution in [-0.2, 0) is 6.54 Å². The van der Waals surface area contributed by atoms with Crippen molar-refractivity contribution >= 4 is 0 Å². The van der Waals surface area contributed by atoms with E-state index in [-0.39, 0.29) is 6.10 Å². The van der Waals surface area contributed by atoms with E-state index < -0.39 is 0 Å². The van der Waals surface area contributed by atoms with Crippen molar-refractivity contribution in [1.29, 1.82) is 0 Å². The van der Waals surface area contributed by atoms with Crippen LogP contribution in [-0.4, -0.2) is 29.7 Å². The highest BCUT2D eigenvalue weighted by Crippen LogP contribution is 2.25. The van der Waals surface area contributed by atoms with Gasteiger partial charge in [0, 0.05) is 13.1 Å². The van der Waals surface area contributed by atoms with Crippen LogP contribution >= 0.6 is 0 Å². The van der Waals surface area contributed by atoms with Crippen molar-refractivity contribution in [3.8, 4) is 0 Å². The summed E-state index contributed by atoms with van der Waals surface area (Å²) in [6, 6.07) is 6.76. The highest BCUT2D eigenvalue weighted by molar-refractivity contribution is 5.29. The van der Waals surface area contributed by atoms with Gasteiger partial charge in [0.25, 0.3) is 0 Å². The van der Waals surface area contributed by atoms with Crippen molar-refractivity contribution in [2.45, 2.75) is 52.2 Å². The number of hydrogen-bond donors (Lipinski definition) is 1. The van der Waals surface area contributed by atoms with Crippen LogP contribution in [0.2, 0.25) is 0 Å². The molecule has 0 heterocycles. The molecule has 0 spiro atoms. The van der Waals surface area contributed by atoms with Gasteiger partial charge in [-0.3, -0.25) is 0 Å². The lowest BCUT2D eigenvalue weighted by Crippen LogP contribution is -2.29. The summed E-state index contributed by atoms with van der Waals surface area (Å²) in [7, 11) is 2.21. The van der Waals surface area contributed by atoms with Gasteiger partial charge in [-0.1, -0.05) is 18.2 Å². The maximum absolute atomic E-state index is 9.54. The van der Waals surface area contributed by atoms with Crippen LogP contribution in [0.5, 0.6) is 0 Å². The van der Waals surface area contributed by atoms with Crippen LogP contribution in [0.3, 0.4) is 0 Å². The molecule has 19 heavy (non-hydrogen) atoms. The van der Waals surface area contributed by atoms with E-state index in [1.54, 1.807) is 0 Å². The van der Waals surface area contributed by atoms with Gasteiger partial charge in [0.15, 0.2) is 0 Å². The molecule has 1 aromatic carbocycles. The first-order valence-corrected chi connectivity index (χ1v) is 7.47. The minimum absolute atomic E-state index is 0.0405. The number of benzene rings is 1. The smallest absolute Gasteiger partial charge is 0.0540 e. The minimum atomic E-state index is -0.0405. The molecule has 0 radical (unpaired) electrons. The van der Waals surface area contributed by atoms with Crippen molar-refractivity contribution < 1.29 is 5.11 Å². The molecule has 0 amide bonds. The third-order valence-corrected chi connectivity index (χ3v) is 4.41. The lowest BCUT2D eigenvalue weighted by molar-refractivity contribution is 0.0968. The highest BCUT2D eigenvalue weighted by Gasteiger charge is 2.20. The predicted octanol–water partition coefficient (Wildman–Crippen LogP) is 3.29. The number of aryl methyl sites for hydroxylation is 2. The Morgan fingerprint density at radius 1 is 1.11 bits per heavy atom. The summed E-state index contributed by atoms with van der Waals surface area (Å²) in [6.07, 6.45) is 4.29. The Balaban J connectivity index is 1.83. The average molecular weight is 261 g/mol. The second-order valence-corrected chi connectivity index (χ2v) is 6.29. The molecule has 1 aliphatic rings. The van der Waals surface area contributed by atoms with Crippen molar-refractivity contribution in [2.24, 2.45) is 5.92 Å². The van der Waals surface area contributed by atoms with Crippen LogP contribution in [0.15, 0.2) is 18.2 Å². The highest BCUT2D eigenvalue weighted by atomic mass is 16.3. The van der Waals surface area contributed by atoms with E-state index in [2.05, 4.69) is 44.0 Å². The summed E-state index contributed by atoms with van der Waals surface area (Å²) in [5.41, 5.74) is 4.15. The van der Waals surface area contributed by atoms with Gasteiger partial charge < -0.3 is 10.0 Å². The fraction of sp³-hybridized carbons (Fsp3) is 0.647. The maximum Gasteiger partial charge on any atom is 0.0540 e. The number of nitrogens with zero attached hydrogens (tertiary/aromatic N) is 1. The molecule has 1 fully saturated rings. The topological polar surface area (TPSA) is 23.5 Å². The van der Waals surface area contributed by atoms with Crippen LogP contribution in [0, 0.1) is 19.8 Å². The first-order chi connectivity index (χ1) is 9.04. The third-order valence-electron chi connectivity index (χ3n) is 4.41. The van der Waals surface area contributed by atoms with Gasteiger partial charge >= 0.3 is 0 Å². The summed E-state index contributed by atoms with van der Waals surface area (Å²) in [6.45, 7) is 6.53. The molecule has 1 aliphatic carbocycles. The summed E-state index contributed by atoms with van der Waals surface area (Å²) in [4.78, 5) is 2.42. The van der Waals surface area contributed by atoms with E-state index in [0.29, 0.717) is 0 Å². The molecule has 0 unspecified atom stereocenters. The Morgan fingerprint density at radius 2 is 1.79 bits per heavy atom. The first kappa shape index (κ1) is 14.5.